The van der Waals surface area contributed by atoms with Crippen LogP contribution in [-0.4, -0.2) is 68.3 Å². The first-order valence-electron chi connectivity index (χ1n) is 11.9. The number of piperidine rings is 1. The van der Waals surface area contributed by atoms with Gasteiger partial charge in [-0.2, -0.15) is 0 Å². The number of nitrogens with zero attached hydrogens (tertiary/aromatic N) is 3. The van der Waals surface area contributed by atoms with Crippen LogP contribution in [-0.2, 0) is 13.1 Å². The molecule has 1 saturated heterocycles. The number of likely N-dealkylation sites (tertiary alicyclic amines) is 1. The van der Waals surface area contributed by atoms with Crippen LogP contribution in [0.5, 0.6) is 17.2 Å². The fourth-order valence-corrected chi connectivity index (χ4v) is 4.87. The SMILES string of the molecule is [B]N(Cc1ccc2c(c1)OCCO2)C1CCN(CCn2c(=O)ccc3ccc(OC)cc32)CC1. The number of hydrogen-bond donors (Lipinski definition) is 0. The van der Waals surface area contributed by atoms with Gasteiger partial charge in [0.05, 0.1) is 12.6 Å². The van der Waals surface area contributed by atoms with Gasteiger partial charge in [-0.3, -0.25) is 4.79 Å². The van der Waals surface area contributed by atoms with E-state index in [-0.39, 0.29) is 5.56 Å². The molecule has 0 atom stereocenters. The Hall–Kier alpha value is -2.97. The summed E-state index contributed by atoms with van der Waals surface area (Å²) in [6, 6.07) is 15.7. The number of rotatable bonds is 7. The lowest BCUT2D eigenvalue weighted by molar-refractivity contribution is 0.153. The average Bonchev–Trinajstić information content (AvgIpc) is 2.88. The molecule has 2 aliphatic heterocycles. The fourth-order valence-electron chi connectivity index (χ4n) is 4.87. The Balaban J connectivity index is 1.16. The second-order valence-electron chi connectivity index (χ2n) is 8.97. The van der Waals surface area contributed by atoms with Gasteiger partial charge in [-0.25, -0.2) is 0 Å². The molecule has 0 amide bonds. The van der Waals surface area contributed by atoms with Crippen LogP contribution in [0.3, 0.4) is 0 Å². The standard InChI is InChI=1S/C26H30BN3O4/c1-32-22-5-3-20-4-7-26(31)29(23(20)17-22)13-12-28-10-8-21(9-11-28)30(27)18-19-2-6-24-25(16-19)34-15-14-33-24/h2-7,16-17,21H,8-15,18H2,1H3. The van der Waals surface area contributed by atoms with E-state index < -0.39 is 0 Å². The highest BCUT2D eigenvalue weighted by molar-refractivity contribution is 6.04. The summed E-state index contributed by atoms with van der Waals surface area (Å²) in [5.74, 6) is 2.36. The topological polar surface area (TPSA) is 56.2 Å². The molecular formula is C26H30BN3O4. The molecule has 1 fully saturated rings. The molecular weight excluding hydrogens is 429 g/mol. The van der Waals surface area contributed by atoms with Gasteiger partial charge in [-0.1, -0.05) is 6.07 Å². The third kappa shape index (κ3) is 4.93. The molecule has 0 bridgehead atoms. The minimum Gasteiger partial charge on any atom is -0.497 e. The number of pyridine rings is 1. The second-order valence-corrected chi connectivity index (χ2v) is 8.97. The van der Waals surface area contributed by atoms with Crippen LogP contribution in [0.1, 0.15) is 18.4 Å². The molecule has 0 saturated carbocycles. The largest absolute Gasteiger partial charge is 0.497 e. The van der Waals surface area contributed by atoms with Crippen molar-refractivity contribution in [3.63, 3.8) is 0 Å². The van der Waals surface area contributed by atoms with E-state index in [4.69, 9.17) is 22.2 Å². The van der Waals surface area contributed by atoms with Gasteiger partial charge in [0.1, 0.15) is 19.0 Å². The lowest BCUT2D eigenvalue weighted by atomic mass is 9.99. The van der Waals surface area contributed by atoms with Crippen molar-refractivity contribution in [2.75, 3.05) is 40.0 Å². The van der Waals surface area contributed by atoms with Crippen molar-refractivity contribution in [1.29, 1.82) is 0 Å². The molecule has 3 aromatic rings. The van der Waals surface area contributed by atoms with E-state index >= 15 is 0 Å². The highest BCUT2D eigenvalue weighted by Crippen LogP contribution is 2.31. The normalized spacial score (nSPS) is 16.8. The molecule has 0 N–H and O–H groups in total. The van der Waals surface area contributed by atoms with Crippen LogP contribution in [0.2, 0.25) is 0 Å². The predicted octanol–water partition coefficient (Wildman–Crippen LogP) is 2.83. The first-order valence-corrected chi connectivity index (χ1v) is 11.9. The maximum absolute atomic E-state index is 12.6. The quantitative estimate of drug-likeness (QED) is 0.507. The Morgan fingerprint density at radius 1 is 1.00 bits per heavy atom. The molecule has 2 aromatic carbocycles. The minimum absolute atomic E-state index is 0.0169. The summed E-state index contributed by atoms with van der Waals surface area (Å²) in [7, 11) is 8.11. The van der Waals surface area contributed by atoms with E-state index in [2.05, 4.69) is 11.0 Å². The van der Waals surface area contributed by atoms with Crippen molar-refractivity contribution in [3.8, 4) is 17.2 Å². The maximum atomic E-state index is 12.6. The summed E-state index contributed by atoms with van der Waals surface area (Å²) in [6.07, 6.45) is 2.00. The van der Waals surface area contributed by atoms with Crippen molar-refractivity contribution in [3.05, 3.63) is 64.4 Å². The Kier molecular flexibility index (Phi) is 6.78. The second kappa shape index (κ2) is 10.1. The maximum Gasteiger partial charge on any atom is 0.251 e. The van der Waals surface area contributed by atoms with E-state index in [0.29, 0.717) is 32.3 Å². The fraction of sp³-hybridized carbons (Fsp3) is 0.423. The molecule has 2 aliphatic rings. The molecule has 8 heteroatoms. The van der Waals surface area contributed by atoms with Gasteiger partial charge in [-0.15, -0.1) is 0 Å². The van der Waals surface area contributed by atoms with Gasteiger partial charge in [0, 0.05) is 37.8 Å². The molecule has 0 aliphatic carbocycles. The first kappa shape index (κ1) is 22.8. The molecule has 1 aromatic heterocycles. The number of benzene rings is 2. The van der Waals surface area contributed by atoms with Gasteiger partial charge < -0.3 is 28.5 Å². The molecule has 7 nitrogen and oxygen atoms in total. The summed E-state index contributed by atoms with van der Waals surface area (Å²) >= 11 is 0. The van der Waals surface area contributed by atoms with Gasteiger partial charge >= 0.3 is 0 Å². The predicted molar refractivity (Wildman–Crippen MR) is 133 cm³/mol. The highest BCUT2D eigenvalue weighted by Gasteiger charge is 2.23. The Labute approximate surface area is 201 Å². The zero-order valence-electron chi connectivity index (χ0n) is 19.6. The third-order valence-electron chi connectivity index (χ3n) is 6.84. The summed E-state index contributed by atoms with van der Waals surface area (Å²) in [4.78, 5) is 16.9. The zero-order valence-corrected chi connectivity index (χ0v) is 19.6. The van der Waals surface area contributed by atoms with Crippen molar-refractivity contribution < 1.29 is 14.2 Å². The van der Waals surface area contributed by atoms with Gasteiger partial charge in [0.15, 0.2) is 19.5 Å². The number of fused-ring (bicyclic) bond motifs is 2. The smallest absolute Gasteiger partial charge is 0.251 e. The van der Waals surface area contributed by atoms with E-state index in [1.54, 1.807) is 13.2 Å². The lowest BCUT2D eigenvalue weighted by Crippen LogP contribution is -2.44. The van der Waals surface area contributed by atoms with E-state index in [1.165, 1.54) is 0 Å². The third-order valence-corrected chi connectivity index (χ3v) is 6.84. The van der Waals surface area contributed by atoms with Crippen LogP contribution in [0, 0.1) is 0 Å². The van der Waals surface area contributed by atoms with Crippen LogP contribution in [0.25, 0.3) is 10.9 Å². The van der Waals surface area contributed by atoms with Crippen LogP contribution in [0.15, 0.2) is 53.3 Å². The summed E-state index contributed by atoms with van der Waals surface area (Å²) in [5, 5.41) is 1.04. The van der Waals surface area contributed by atoms with Crippen molar-refractivity contribution in [2.24, 2.45) is 0 Å². The molecule has 0 spiro atoms. The summed E-state index contributed by atoms with van der Waals surface area (Å²) in [6.45, 7) is 5.25. The lowest BCUT2D eigenvalue weighted by Gasteiger charge is -2.37. The molecule has 34 heavy (non-hydrogen) atoms. The monoisotopic (exact) mass is 459 g/mol. The highest BCUT2D eigenvalue weighted by atomic mass is 16.6. The Bertz CT molecular complexity index is 1210. The van der Waals surface area contributed by atoms with Crippen molar-refractivity contribution in [2.45, 2.75) is 32.0 Å². The van der Waals surface area contributed by atoms with Crippen molar-refractivity contribution in [1.82, 2.24) is 14.3 Å². The number of hydrogen-bond acceptors (Lipinski definition) is 6. The minimum atomic E-state index is 0.0169. The number of ether oxygens (including phenoxy) is 3. The number of methoxy groups -OCH3 is 1. The average molecular weight is 459 g/mol. The summed E-state index contributed by atoms with van der Waals surface area (Å²) in [5.41, 5.74) is 2.05. The Morgan fingerprint density at radius 2 is 1.76 bits per heavy atom. The van der Waals surface area contributed by atoms with E-state index in [9.17, 15) is 4.79 Å². The molecule has 0 unspecified atom stereocenters. The van der Waals surface area contributed by atoms with Gasteiger partial charge in [0.25, 0.3) is 5.56 Å². The molecule has 3 heterocycles. The van der Waals surface area contributed by atoms with Gasteiger partial charge in [-0.05, 0) is 67.2 Å². The van der Waals surface area contributed by atoms with Crippen molar-refractivity contribution >= 4 is 18.9 Å². The van der Waals surface area contributed by atoms with Crippen LogP contribution >= 0.6 is 0 Å². The van der Waals surface area contributed by atoms with Crippen LogP contribution < -0.4 is 19.8 Å². The molecule has 5 rings (SSSR count). The van der Waals surface area contributed by atoms with E-state index in [0.717, 1.165) is 66.2 Å². The van der Waals surface area contributed by atoms with E-state index in [1.807, 2.05) is 45.8 Å². The zero-order chi connectivity index (χ0) is 23.5. The first-order chi connectivity index (χ1) is 16.6. The Morgan fingerprint density at radius 3 is 2.56 bits per heavy atom. The molecule has 2 radical (unpaired) electrons. The number of aromatic nitrogens is 1. The van der Waals surface area contributed by atoms with Gasteiger partial charge in [0.2, 0.25) is 0 Å². The molecule has 176 valence electrons. The van der Waals surface area contributed by atoms with Crippen LogP contribution in [0.4, 0.5) is 0 Å². The summed E-state index contributed by atoms with van der Waals surface area (Å²) < 4.78 is 18.5.